The number of hydrogen-bond donors (Lipinski definition) is 2. The number of Topliss-reactive ketones (excluding diaryl/α,β-unsaturated/α-hetero) is 1. The van der Waals surface area contributed by atoms with Gasteiger partial charge in [-0.1, -0.05) is 24.3 Å². The molecule has 0 radical (unpaired) electrons. The van der Waals surface area contributed by atoms with Crippen LogP contribution < -0.4 is 11.1 Å². The fraction of sp³-hybridized carbons (Fsp3) is 0.188. The van der Waals surface area contributed by atoms with Crippen LogP contribution in [0.5, 0.6) is 0 Å². The number of nitrogens with one attached hydrogen (secondary N) is 1. The molecule has 3 nitrogen and oxygen atoms in total. The van der Waals surface area contributed by atoms with Crippen LogP contribution >= 0.6 is 0 Å². The number of aryl methyl sites for hydroxylation is 1. The van der Waals surface area contributed by atoms with Gasteiger partial charge >= 0.3 is 0 Å². The molecule has 0 saturated carbocycles. The maximum atomic E-state index is 12.0. The summed E-state index contributed by atoms with van der Waals surface area (Å²) in [6.07, 6.45) is 0. The van der Waals surface area contributed by atoms with E-state index in [0.29, 0.717) is 11.3 Å². The lowest BCUT2D eigenvalue weighted by Gasteiger charge is -2.11. The third-order valence-corrected chi connectivity index (χ3v) is 3.25. The van der Waals surface area contributed by atoms with E-state index in [1.807, 2.05) is 19.1 Å². The molecular formula is C16H18N2O. The first-order valence-corrected chi connectivity index (χ1v) is 6.27. The van der Waals surface area contributed by atoms with Gasteiger partial charge < -0.3 is 11.1 Å². The second kappa shape index (κ2) is 5.57. The highest BCUT2D eigenvalue weighted by Gasteiger charge is 2.07. The molecule has 0 aliphatic heterocycles. The lowest BCUT2D eigenvalue weighted by molar-refractivity contribution is 0.101. The van der Waals surface area contributed by atoms with Crippen LogP contribution in [0.25, 0.3) is 0 Å². The molecule has 2 rings (SSSR count). The van der Waals surface area contributed by atoms with E-state index in [1.165, 1.54) is 11.1 Å². The van der Waals surface area contributed by atoms with Gasteiger partial charge in [0.2, 0.25) is 0 Å². The number of benzene rings is 2. The number of rotatable bonds is 4. The standard InChI is InChI=1S/C16H18N2O/c1-11-5-3-8-15(12(11)2)18-10-16(19)13-6-4-7-14(17)9-13/h3-9,18H,10,17H2,1-2H3. The number of carbonyl (C=O) groups excluding carboxylic acids is 1. The highest BCUT2D eigenvalue weighted by Crippen LogP contribution is 2.18. The van der Waals surface area contributed by atoms with Crippen LogP contribution in [-0.4, -0.2) is 12.3 Å². The molecule has 19 heavy (non-hydrogen) atoms. The Morgan fingerprint density at radius 1 is 1.16 bits per heavy atom. The van der Waals surface area contributed by atoms with Crippen molar-refractivity contribution in [3.63, 3.8) is 0 Å². The van der Waals surface area contributed by atoms with Crippen molar-refractivity contribution in [2.45, 2.75) is 13.8 Å². The van der Waals surface area contributed by atoms with Crippen molar-refractivity contribution in [3.05, 3.63) is 59.2 Å². The average Bonchev–Trinajstić information content (AvgIpc) is 2.40. The molecular weight excluding hydrogens is 236 g/mol. The summed E-state index contributed by atoms with van der Waals surface area (Å²) in [6.45, 7) is 4.37. The maximum absolute atomic E-state index is 12.0. The molecule has 0 atom stereocenters. The molecule has 98 valence electrons. The highest BCUT2D eigenvalue weighted by atomic mass is 16.1. The van der Waals surface area contributed by atoms with Crippen molar-refractivity contribution >= 4 is 17.2 Å². The lowest BCUT2D eigenvalue weighted by atomic mass is 10.1. The minimum atomic E-state index is 0.0354. The van der Waals surface area contributed by atoms with Gasteiger partial charge in [-0.3, -0.25) is 4.79 Å². The average molecular weight is 254 g/mol. The van der Waals surface area contributed by atoms with Crippen LogP contribution in [0.3, 0.4) is 0 Å². The van der Waals surface area contributed by atoms with E-state index in [9.17, 15) is 4.79 Å². The fourth-order valence-electron chi connectivity index (χ4n) is 1.93. The van der Waals surface area contributed by atoms with E-state index < -0.39 is 0 Å². The van der Waals surface area contributed by atoms with Gasteiger partial charge in [-0.05, 0) is 43.2 Å². The van der Waals surface area contributed by atoms with Crippen LogP contribution in [0.15, 0.2) is 42.5 Å². The molecule has 0 aliphatic rings. The van der Waals surface area contributed by atoms with Crippen molar-refractivity contribution in [3.8, 4) is 0 Å². The van der Waals surface area contributed by atoms with E-state index >= 15 is 0 Å². The molecule has 0 aromatic heterocycles. The fourth-order valence-corrected chi connectivity index (χ4v) is 1.93. The third kappa shape index (κ3) is 3.13. The lowest BCUT2D eigenvalue weighted by Crippen LogP contribution is -2.15. The SMILES string of the molecule is Cc1cccc(NCC(=O)c2cccc(N)c2)c1C. The molecule has 0 heterocycles. The zero-order valence-corrected chi connectivity index (χ0v) is 11.2. The molecule has 2 aromatic rings. The van der Waals surface area contributed by atoms with Gasteiger partial charge in [0.15, 0.2) is 5.78 Å². The topological polar surface area (TPSA) is 55.1 Å². The quantitative estimate of drug-likeness (QED) is 0.651. The van der Waals surface area contributed by atoms with E-state index in [2.05, 4.69) is 18.3 Å². The van der Waals surface area contributed by atoms with Gasteiger partial charge in [0.05, 0.1) is 6.54 Å². The number of nitrogens with two attached hydrogens (primary N) is 1. The van der Waals surface area contributed by atoms with Crippen molar-refractivity contribution in [1.29, 1.82) is 0 Å². The van der Waals surface area contributed by atoms with Gasteiger partial charge in [-0.2, -0.15) is 0 Å². The van der Waals surface area contributed by atoms with Crippen LogP contribution in [-0.2, 0) is 0 Å². The molecule has 0 amide bonds. The van der Waals surface area contributed by atoms with Crippen LogP contribution in [0.1, 0.15) is 21.5 Å². The summed E-state index contributed by atoms with van der Waals surface area (Å²) in [4.78, 5) is 12.0. The highest BCUT2D eigenvalue weighted by molar-refractivity contribution is 5.99. The number of nitrogen functional groups attached to an aromatic ring is 1. The van der Waals surface area contributed by atoms with Gasteiger partial charge in [0, 0.05) is 16.9 Å². The van der Waals surface area contributed by atoms with Crippen molar-refractivity contribution < 1.29 is 4.79 Å². The Morgan fingerprint density at radius 2 is 1.89 bits per heavy atom. The van der Waals surface area contributed by atoms with Gasteiger partial charge in [-0.15, -0.1) is 0 Å². The first kappa shape index (κ1) is 13.1. The molecule has 3 heteroatoms. The maximum Gasteiger partial charge on any atom is 0.181 e. The first-order valence-electron chi connectivity index (χ1n) is 6.27. The summed E-state index contributed by atoms with van der Waals surface area (Å²) >= 11 is 0. The predicted molar refractivity (Wildman–Crippen MR) is 79.6 cm³/mol. The Labute approximate surface area is 113 Å². The number of anilines is 2. The second-order valence-electron chi connectivity index (χ2n) is 4.65. The van der Waals surface area contributed by atoms with Gasteiger partial charge in [0.25, 0.3) is 0 Å². The Bertz CT molecular complexity index is 605. The Hall–Kier alpha value is -2.29. The summed E-state index contributed by atoms with van der Waals surface area (Å²) in [5, 5.41) is 3.18. The number of hydrogen-bond acceptors (Lipinski definition) is 3. The van der Waals surface area contributed by atoms with Gasteiger partial charge in [-0.25, -0.2) is 0 Å². The summed E-state index contributed by atoms with van der Waals surface area (Å²) < 4.78 is 0. The predicted octanol–water partition coefficient (Wildman–Crippen LogP) is 3.18. The minimum absolute atomic E-state index is 0.0354. The summed E-state index contributed by atoms with van der Waals surface area (Å²) in [6, 6.07) is 13.1. The molecule has 0 bridgehead atoms. The summed E-state index contributed by atoms with van der Waals surface area (Å²) in [5.74, 6) is 0.0354. The van der Waals surface area contributed by atoms with Crippen molar-refractivity contribution in [2.24, 2.45) is 0 Å². The normalized spacial score (nSPS) is 10.2. The van der Waals surface area contributed by atoms with Crippen LogP contribution in [0.2, 0.25) is 0 Å². The van der Waals surface area contributed by atoms with Gasteiger partial charge in [0.1, 0.15) is 0 Å². The van der Waals surface area contributed by atoms with Crippen LogP contribution in [0.4, 0.5) is 11.4 Å². The Morgan fingerprint density at radius 3 is 2.63 bits per heavy atom. The first-order chi connectivity index (χ1) is 9.08. The minimum Gasteiger partial charge on any atom is -0.399 e. The summed E-state index contributed by atoms with van der Waals surface area (Å²) in [5.41, 5.74) is 10.3. The molecule has 2 aromatic carbocycles. The number of ketones is 1. The smallest absolute Gasteiger partial charge is 0.181 e. The van der Waals surface area contributed by atoms with E-state index in [1.54, 1.807) is 24.3 Å². The molecule has 0 spiro atoms. The van der Waals surface area contributed by atoms with E-state index in [0.717, 1.165) is 5.69 Å². The molecule has 0 aliphatic carbocycles. The zero-order valence-electron chi connectivity index (χ0n) is 11.2. The van der Waals surface area contributed by atoms with Crippen LogP contribution in [0, 0.1) is 13.8 Å². The molecule has 0 fully saturated rings. The Balaban J connectivity index is 2.07. The van der Waals surface area contributed by atoms with Crippen molar-refractivity contribution in [2.75, 3.05) is 17.6 Å². The van der Waals surface area contributed by atoms with E-state index in [4.69, 9.17) is 5.73 Å². The molecule has 0 unspecified atom stereocenters. The van der Waals surface area contributed by atoms with E-state index in [-0.39, 0.29) is 12.3 Å². The molecule has 3 N–H and O–H groups in total. The largest absolute Gasteiger partial charge is 0.399 e. The third-order valence-electron chi connectivity index (χ3n) is 3.25. The number of carbonyl (C=O) groups is 1. The monoisotopic (exact) mass is 254 g/mol. The Kier molecular flexibility index (Phi) is 3.85. The molecule has 0 saturated heterocycles. The second-order valence-corrected chi connectivity index (χ2v) is 4.65. The van der Waals surface area contributed by atoms with Crippen molar-refractivity contribution in [1.82, 2.24) is 0 Å². The summed E-state index contributed by atoms with van der Waals surface area (Å²) in [7, 11) is 0. The zero-order chi connectivity index (χ0) is 13.8.